The second-order valence-corrected chi connectivity index (χ2v) is 7.33. The summed E-state index contributed by atoms with van der Waals surface area (Å²) in [4.78, 5) is 16.3. The molecule has 142 valence electrons. The molecule has 5 nitrogen and oxygen atoms in total. The third-order valence-electron chi connectivity index (χ3n) is 4.27. The van der Waals surface area contributed by atoms with Crippen molar-refractivity contribution in [3.05, 3.63) is 53.1 Å². The van der Waals surface area contributed by atoms with Gasteiger partial charge in [0.1, 0.15) is 11.6 Å². The zero-order chi connectivity index (χ0) is 18.9. The molecule has 1 aliphatic rings. The van der Waals surface area contributed by atoms with Crippen molar-refractivity contribution in [3.63, 3.8) is 0 Å². The van der Waals surface area contributed by atoms with Crippen molar-refractivity contribution in [3.8, 4) is 0 Å². The van der Waals surface area contributed by atoms with Gasteiger partial charge >= 0.3 is 0 Å². The molecule has 0 saturated heterocycles. The highest BCUT2D eigenvalue weighted by Gasteiger charge is 2.08. The van der Waals surface area contributed by atoms with E-state index in [4.69, 9.17) is 0 Å². The summed E-state index contributed by atoms with van der Waals surface area (Å²) in [5.41, 5.74) is 2.33. The van der Waals surface area contributed by atoms with Crippen molar-refractivity contribution in [1.29, 1.82) is 0 Å². The monoisotopic (exact) mass is 386 g/mol. The molecule has 0 spiro atoms. The number of allylic oxidation sites excluding steroid dienone is 1. The third-order valence-corrected chi connectivity index (χ3v) is 5.12. The maximum atomic E-state index is 12.9. The molecule has 1 aromatic heterocycles. The second kappa shape index (κ2) is 10.1. The Kier molecular flexibility index (Phi) is 7.21. The van der Waals surface area contributed by atoms with Crippen LogP contribution >= 0.6 is 11.8 Å². The second-order valence-electron chi connectivity index (χ2n) is 6.38. The summed E-state index contributed by atoms with van der Waals surface area (Å²) in [5, 5.41) is 10.4. The molecule has 0 bridgehead atoms. The number of carbonyl (C=O) groups excluding carboxylic acids is 1. The zero-order valence-electron chi connectivity index (χ0n) is 15.1. The summed E-state index contributed by atoms with van der Waals surface area (Å²) in [6, 6.07) is 6.19. The molecule has 0 fully saturated rings. The molecule has 1 aliphatic carbocycles. The summed E-state index contributed by atoms with van der Waals surface area (Å²) in [6.45, 7) is 0.685. The van der Waals surface area contributed by atoms with E-state index < -0.39 is 0 Å². The van der Waals surface area contributed by atoms with Crippen LogP contribution in [0.25, 0.3) is 12.2 Å². The molecule has 2 aromatic rings. The number of H-pyrrole nitrogens is 1. The Bertz CT molecular complexity index is 814. The number of benzene rings is 1. The van der Waals surface area contributed by atoms with Crippen molar-refractivity contribution in [1.82, 2.24) is 20.5 Å². The van der Waals surface area contributed by atoms with Crippen LogP contribution in [0.5, 0.6) is 0 Å². The maximum absolute atomic E-state index is 12.9. The quantitative estimate of drug-likeness (QED) is 0.527. The summed E-state index contributed by atoms with van der Waals surface area (Å²) in [7, 11) is 0. The van der Waals surface area contributed by atoms with Crippen molar-refractivity contribution >= 4 is 29.8 Å². The molecule has 1 amide bonds. The minimum Gasteiger partial charge on any atom is -0.355 e. The lowest BCUT2D eigenvalue weighted by molar-refractivity contribution is -0.118. The van der Waals surface area contributed by atoms with E-state index in [9.17, 15) is 9.18 Å². The fraction of sp³-hybridized carbons (Fsp3) is 0.350. The minimum absolute atomic E-state index is 0.00962. The van der Waals surface area contributed by atoms with Gasteiger partial charge in [-0.1, -0.05) is 41.6 Å². The molecule has 0 unspecified atom stereocenters. The van der Waals surface area contributed by atoms with E-state index in [1.54, 1.807) is 18.2 Å². The SMILES string of the molecule is O=C(CSc1n[nH]c(/C=C\c2ccc(F)cc2)n1)NCCC1=CCCCC1. The third kappa shape index (κ3) is 6.67. The molecule has 0 aliphatic heterocycles. The molecule has 1 heterocycles. The smallest absolute Gasteiger partial charge is 0.230 e. The first kappa shape index (κ1) is 19.4. The Morgan fingerprint density at radius 3 is 2.89 bits per heavy atom. The Labute approximate surface area is 162 Å². The lowest BCUT2D eigenvalue weighted by atomic mass is 9.97. The summed E-state index contributed by atoms with van der Waals surface area (Å²) in [6.07, 6.45) is 11.7. The Morgan fingerprint density at radius 2 is 2.11 bits per heavy atom. The van der Waals surface area contributed by atoms with Crippen LogP contribution in [0.3, 0.4) is 0 Å². The summed E-state index contributed by atoms with van der Waals surface area (Å²) in [5.74, 6) is 0.605. The molecular weight excluding hydrogens is 363 g/mol. The average molecular weight is 386 g/mol. The topological polar surface area (TPSA) is 70.7 Å². The molecule has 7 heteroatoms. The lowest BCUT2D eigenvalue weighted by Crippen LogP contribution is -2.26. The molecule has 2 N–H and O–H groups in total. The molecule has 27 heavy (non-hydrogen) atoms. The molecule has 0 saturated carbocycles. The van der Waals surface area contributed by atoms with Crippen LogP contribution in [-0.4, -0.2) is 33.4 Å². The van der Waals surface area contributed by atoms with E-state index in [0.717, 1.165) is 18.4 Å². The fourth-order valence-electron chi connectivity index (χ4n) is 2.82. The highest BCUT2D eigenvalue weighted by Crippen LogP contribution is 2.19. The van der Waals surface area contributed by atoms with E-state index in [1.807, 2.05) is 6.08 Å². The highest BCUT2D eigenvalue weighted by atomic mass is 32.2. The summed E-state index contributed by atoms with van der Waals surface area (Å²) >= 11 is 1.30. The summed E-state index contributed by atoms with van der Waals surface area (Å²) < 4.78 is 12.9. The number of halogens is 1. The number of amides is 1. The van der Waals surface area contributed by atoms with E-state index in [0.29, 0.717) is 17.5 Å². The van der Waals surface area contributed by atoms with Crippen molar-refractivity contribution in [2.24, 2.45) is 0 Å². The molecule has 1 aromatic carbocycles. The Hall–Kier alpha value is -2.41. The van der Waals surface area contributed by atoms with Gasteiger partial charge in [0.25, 0.3) is 0 Å². The fourth-order valence-corrected chi connectivity index (χ4v) is 3.46. The van der Waals surface area contributed by atoms with Gasteiger partial charge in [-0.25, -0.2) is 9.37 Å². The maximum Gasteiger partial charge on any atom is 0.230 e. The standard InChI is InChI=1S/C20H23FN4OS/c21-17-9-6-16(7-10-17)8-11-18-23-20(25-24-18)27-14-19(26)22-13-12-15-4-2-1-3-5-15/h4,6-11H,1-3,5,12-14H2,(H,22,26)(H,23,24,25)/b11-8-. The Balaban J connectivity index is 1.39. The van der Waals surface area contributed by atoms with Gasteiger partial charge in [-0.2, -0.15) is 0 Å². The van der Waals surface area contributed by atoms with Crippen LogP contribution in [0.15, 0.2) is 41.1 Å². The van der Waals surface area contributed by atoms with E-state index in [-0.39, 0.29) is 17.5 Å². The zero-order valence-corrected chi connectivity index (χ0v) is 15.9. The first-order chi connectivity index (χ1) is 13.2. The number of rotatable bonds is 8. The predicted octanol–water partition coefficient (Wildman–Crippen LogP) is 4.21. The van der Waals surface area contributed by atoms with E-state index in [1.165, 1.54) is 48.7 Å². The number of hydrogen-bond acceptors (Lipinski definition) is 4. The van der Waals surface area contributed by atoms with E-state index >= 15 is 0 Å². The molecule has 0 radical (unpaired) electrons. The molecule has 3 rings (SSSR count). The largest absolute Gasteiger partial charge is 0.355 e. The van der Waals surface area contributed by atoms with Gasteiger partial charge in [0, 0.05) is 6.54 Å². The number of carbonyl (C=O) groups is 1. The van der Waals surface area contributed by atoms with Gasteiger partial charge in [0.05, 0.1) is 5.75 Å². The number of nitrogens with one attached hydrogen (secondary N) is 2. The number of nitrogens with zero attached hydrogens (tertiary/aromatic N) is 2. The first-order valence-electron chi connectivity index (χ1n) is 9.12. The average Bonchev–Trinajstić information content (AvgIpc) is 3.15. The van der Waals surface area contributed by atoms with Gasteiger partial charge in [-0.3, -0.25) is 9.89 Å². The van der Waals surface area contributed by atoms with Crippen molar-refractivity contribution in [2.45, 2.75) is 37.3 Å². The van der Waals surface area contributed by atoms with Crippen molar-refractivity contribution < 1.29 is 9.18 Å². The van der Waals surface area contributed by atoms with Gasteiger partial charge in [-0.15, -0.1) is 5.10 Å². The minimum atomic E-state index is -0.265. The normalized spacial score (nSPS) is 14.3. The van der Waals surface area contributed by atoms with Crippen LogP contribution in [0, 0.1) is 5.82 Å². The van der Waals surface area contributed by atoms with Crippen LogP contribution in [-0.2, 0) is 4.79 Å². The molecular formula is C20H23FN4OS. The van der Waals surface area contributed by atoms with Crippen LogP contribution in [0.1, 0.15) is 43.5 Å². The number of hydrogen-bond donors (Lipinski definition) is 2. The van der Waals surface area contributed by atoms with Crippen molar-refractivity contribution in [2.75, 3.05) is 12.3 Å². The van der Waals surface area contributed by atoms with Crippen LogP contribution < -0.4 is 5.32 Å². The number of aromatic nitrogens is 3. The highest BCUT2D eigenvalue weighted by molar-refractivity contribution is 7.99. The first-order valence-corrected chi connectivity index (χ1v) is 10.1. The van der Waals surface area contributed by atoms with Gasteiger partial charge in [-0.05, 0) is 55.9 Å². The van der Waals surface area contributed by atoms with E-state index in [2.05, 4.69) is 26.6 Å². The lowest BCUT2D eigenvalue weighted by Gasteiger charge is -2.12. The van der Waals surface area contributed by atoms with Gasteiger partial charge in [0.2, 0.25) is 11.1 Å². The van der Waals surface area contributed by atoms with Crippen LogP contribution in [0.4, 0.5) is 4.39 Å². The molecule has 0 atom stereocenters. The van der Waals surface area contributed by atoms with Gasteiger partial charge < -0.3 is 5.32 Å². The number of aromatic amines is 1. The Morgan fingerprint density at radius 1 is 1.26 bits per heavy atom. The van der Waals surface area contributed by atoms with Crippen LogP contribution in [0.2, 0.25) is 0 Å². The van der Waals surface area contributed by atoms with Gasteiger partial charge in [0.15, 0.2) is 0 Å². The predicted molar refractivity (Wildman–Crippen MR) is 107 cm³/mol. The number of thioether (sulfide) groups is 1.